The highest BCUT2D eigenvalue weighted by atomic mass is 32.2. The smallest absolute Gasteiger partial charge is 0.321 e. The molecule has 0 spiro atoms. The summed E-state index contributed by atoms with van der Waals surface area (Å²) in [4.78, 5) is 31.2. The zero-order valence-electron chi connectivity index (χ0n) is 30.5. The number of rotatable bonds is 8. The van der Waals surface area contributed by atoms with Gasteiger partial charge in [-0.25, -0.2) is 13.2 Å². The maximum absolute atomic E-state index is 14.5. The van der Waals surface area contributed by atoms with Gasteiger partial charge in [-0.05, 0) is 81.8 Å². The van der Waals surface area contributed by atoms with E-state index in [-0.39, 0.29) is 53.9 Å². The Bertz CT molecular complexity index is 1950. The van der Waals surface area contributed by atoms with Crippen LogP contribution in [-0.4, -0.2) is 86.9 Å². The van der Waals surface area contributed by atoms with Crippen molar-refractivity contribution in [1.82, 2.24) is 9.80 Å². The summed E-state index contributed by atoms with van der Waals surface area (Å²) in [6, 6.07) is 23.9. The molecule has 0 radical (unpaired) electrons. The molecule has 4 aromatic carbocycles. The fourth-order valence-corrected chi connectivity index (χ4v) is 7.33. The summed E-state index contributed by atoms with van der Waals surface area (Å²) in [5, 5.41) is 15.3. The molecule has 3 N–H and O–H groups in total. The third kappa shape index (κ3) is 9.61. The van der Waals surface area contributed by atoms with Crippen LogP contribution in [0.15, 0.2) is 89.8 Å². The lowest BCUT2D eigenvalue weighted by molar-refractivity contribution is -0.0115. The number of urea groups is 1. The number of aryl methyl sites for hydroxylation is 1. The van der Waals surface area contributed by atoms with Gasteiger partial charge in [-0.1, -0.05) is 61.0 Å². The maximum atomic E-state index is 14.5. The second kappa shape index (κ2) is 17.2. The summed E-state index contributed by atoms with van der Waals surface area (Å²) >= 11 is 0. The molecule has 4 aromatic rings. The zero-order chi connectivity index (χ0) is 37.4. The number of aliphatic hydroxyl groups is 1. The van der Waals surface area contributed by atoms with Gasteiger partial charge in [0.2, 0.25) is 0 Å². The van der Waals surface area contributed by atoms with Crippen molar-refractivity contribution in [3.05, 3.63) is 96.1 Å². The highest BCUT2D eigenvalue weighted by Crippen LogP contribution is 2.30. The number of nitrogens with one attached hydrogen (secondary N) is 2. The number of hydrogen-bond donors (Lipinski definition) is 3. The summed E-state index contributed by atoms with van der Waals surface area (Å²) in [5.41, 5.74) is 2.01. The number of carbonyl (C=O) groups excluding carboxylic acids is 2. The van der Waals surface area contributed by atoms with Gasteiger partial charge in [0.05, 0.1) is 41.0 Å². The van der Waals surface area contributed by atoms with E-state index in [0.717, 1.165) is 29.2 Å². The minimum absolute atomic E-state index is 0.0977. The van der Waals surface area contributed by atoms with E-state index in [1.807, 2.05) is 63.2 Å². The van der Waals surface area contributed by atoms with Crippen molar-refractivity contribution in [2.45, 2.75) is 70.1 Å². The largest absolute Gasteiger partial charge is 0.490 e. The number of carbonyl (C=O) groups is 2. The number of benzene rings is 4. The lowest BCUT2D eigenvalue weighted by atomic mass is 10.0. The minimum atomic E-state index is -3.94. The van der Waals surface area contributed by atoms with E-state index in [1.54, 1.807) is 48.0 Å². The molecule has 0 aliphatic carbocycles. The van der Waals surface area contributed by atoms with Crippen LogP contribution in [0.2, 0.25) is 0 Å². The van der Waals surface area contributed by atoms with Crippen LogP contribution in [0.3, 0.4) is 0 Å². The molecule has 4 atom stereocenters. The molecule has 12 heteroatoms. The summed E-state index contributed by atoms with van der Waals surface area (Å²) in [5.74, 6) is -0.363. The van der Waals surface area contributed by atoms with Gasteiger partial charge in [0.1, 0.15) is 5.75 Å². The van der Waals surface area contributed by atoms with E-state index in [2.05, 4.69) is 10.0 Å². The molecule has 278 valence electrons. The van der Waals surface area contributed by atoms with E-state index in [0.29, 0.717) is 24.5 Å². The Morgan fingerprint density at radius 2 is 1.75 bits per heavy atom. The van der Waals surface area contributed by atoms with Gasteiger partial charge in [0, 0.05) is 43.7 Å². The van der Waals surface area contributed by atoms with Crippen LogP contribution in [0.25, 0.3) is 10.8 Å². The van der Waals surface area contributed by atoms with E-state index in [4.69, 9.17) is 9.47 Å². The summed E-state index contributed by atoms with van der Waals surface area (Å²) in [7, 11) is -2.23. The number of likely N-dealkylation sites (N-methyl/N-ethyl adjacent to an activating group) is 1. The Balaban J connectivity index is 1.40. The Hall–Kier alpha value is -4.65. The predicted octanol–water partition coefficient (Wildman–Crippen LogP) is 6.91. The number of nitrogens with zero attached hydrogens (tertiary/aromatic N) is 2. The van der Waals surface area contributed by atoms with Crippen LogP contribution in [0, 0.1) is 12.8 Å². The fourth-order valence-electron chi connectivity index (χ4n) is 6.28. The second-order valence-corrected chi connectivity index (χ2v) is 15.4. The van der Waals surface area contributed by atoms with Crippen molar-refractivity contribution in [3.8, 4) is 5.75 Å². The van der Waals surface area contributed by atoms with Gasteiger partial charge in [-0.2, -0.15) is 0 Å². The molecule has 0 bridgehead atoms. The summed E-state index contributed by atoms with van der Waals surface area (Å²) < 4.78 is 41.9. The summed E-state index contributed by atoms with van der Waals surface area (Å²) in [6.45, 7) is 8.13. The fraction of sp³-hybridized carbons (Fsp3) is 0.400. The van der Waals surface area contributed by atoms with E-state index < -0.39 is 28.1 Å². The van der Waals surface area contributed by atoms with Crippen LogP contribution in [0.5, 0.6) is 5.75 Å². The molecule has 0 unspecified atom stereocenters. The van der Waals surface area contributed by atoms with Crippen molar-refractivity contribution in [2.24, 2.45) is 5.92 Å². The van der Waals surface area contributed by atoms with E-state index in [9.17, 15) is 23.1 Å². The first kappa shape index (κ1) is 38.6. The number of sulfonamides is 1. The molecule has 0 saturated heterocycles. The molecule has 11 nitrogen and oxygen atoms in total. The molecule has 0 fully saturated rings. The van der Waals surface area contributed by atoms with Crippen LogP contribution < -0.4 is 14.8 Å². The first-order chi connectivity index (χ1) is 24.9. The second-order valence-electron chi connectivity index (χ2n) is 13.8. The van der Waals surface area contributed by atoms with Gasteiger partial charge >= 0.3 is 6.03 Å². The molecular formula is C40H50N4O7S. The van der Waals surface area contributed by atoms with E-state index >= 15 is 0 Å². The third-order valence-electron chi connectivity index (χ3n) is 9.47. The van der Waals surface area contributed by atoms with Crippen molar-refractivity contribution < 1.29 is 32.6 Å². The average molecular weight is 731 g/mol. The van der Waals surface area contributed by atoms with Crippen LogP contribution in [-0.2, 0) is 14.8 Å². The number of ether oxygens (including phenoxy) is 2. The quantitative estimate of drug-likeness (QED) is 0.179. The standard InChI is InChI=1S/C40H50N4O7S/c1-27-16-19-33(20-17-27)52(48,49)42-32-18-21-37-35(23-32)39(46)44(29(3)26-45)24-28(2)38(50-22-9-8-11-30(4)51-37)25-43(5)40(47)41-36-15-10-13-31-12-6-7-14-34(31)36/h6-7,10,12-21,23,28-30,38,42,45H,8-9,11,22,24-26H2,1-5H3,(H,41,47)/t28-,29+,30+,38+/m0/s1. The van der Waals surface area contributed by atoms with Crippen molar-refractivity contribution in [1.29, 1.82) is 0 Å². The highest BCUT2D eigenvalue weighted by molar-refractivity contribution is 7.92. The molecule has 3 amide bonds. The molecule has 52 heavy (non-hydrogen) atoms. The molecule has 1 aliphatic heterocycles. The molecule has 1 aliphatic rings. The van der Waals surface area contributed by atoms with Gasteiger partial charge in [-0.15, -0.1) is 0 Å². The highest BCUT2D eigenvalue weighted by Gasteiger charge is 2.31. The maximum Gasteiger partial charge on any atom is 0.321 e. The minimum Gasteiger partial charge on any atom is -0.490 e. The Labute approximate surface area is 307 Å². The topological polar surface area (TPSA) is 138 Å². The normalized spacial score (nSPS) is 19.5. The molecule has 0 saturated carbocycles. The monoisotopic (exact) mass is 730 g/mol. The first-order valence-corrected chi connectivity index (χ1v) is 19.3. The van der Waals surface area contributed by atoms with Gasteiger partial charge in [0.25, 0.3) is 15.9 Å². The van der Waals surface area contributed by atoms with E-state index in [1.165, 1.54) is 18.2 Å². The number of fused-ring (bicyclic) bond motifs is 2. The molecule has 1 heterocycles. The molecule has 5 rings (SSSR count). The van der Waals surface area contributed by atoms with Crippen LogP contribution in [0.1, 0.15) is 56.0 Å². The lowest BCUT2D eigenvalue weighted by Gasteiger charge is -2.35. The zero-order valence-corrected chi connectivity index (χ0v) is 31.4. The predicted molar refractivity (Wildman–Crippen MR) is 204 cm³/mol. The van der Waals surface area contributed by atoms with Crippen LogP contribution >= 0.6 is 0 Å². The van der Waals surface area contributed by atoms with Crippen LogP contribution in [0.4, 0.5) is 16.2 Å². The summed E-state index contributed by atoms with van der Waals surface area (Å²) in [6.07, 6.45) is 1.60. The van der Waals surface area contributed by atoms with Gasteiger partial charge in [0.15, 0.2) is 0 Å². The molecular weight excluding hydrogens is 681 g/mol. The lowest BCUT2D eigenvalue weighted by Crippen LogP contribution is -2.48. The number of amides is 3. The Morgan fingerprint density at radius 3 is 2.50 bits per heavy atom. The number of hydrogen-bond acceptors (Lipinski definition) is 7. The first-order valence-electron chi connectivity index (χ1n) is 17.8. The third-order valence-corrected chi connectivity index (χ3v) is 10.9. The van der Waals surface area contributed by atoms with Crippen molar-refractivity contribution in [3.63, 3.8) is 0 Å². The SMILES string of the molecule is Cc1ccc(S(=O)(=O)Nc2ccc3c(c2)C(=O)N([C@H](C)CO)C[C@H](C)[C@@H](CN(C)C(=O)Nc2cccc4ccccc24)OCCCC[C@@H](C)O3)cc1. The van der Waals surface area contributed by atoms with Crippen molar-refractivity contribution >= 4 is 44.1 Å². The van der Waals surface area contributed by atoms with Gasteiger partial charge < -0.3 is 29.7 Å². The van der Waals surface area contributed by atoms with Crippen molar-refractivity contribution in [2.75, 3.05) is 43.4 Å². The molecule has 0 aromatic heterocycles. The number of aliphatic hydroxyl groups excluding tert-OH is 1. The van der Waals surface area contributed by atoms with Gasteiger partial charge in [-0.3, -0.25) is 9.52 Å². The Morgan fingerprint density at radius 1 is 1.02 bits per heavy atom. The average Bonchev–Trinajstić information content (AvgIpc) is 3.12. The Kier molecular flexibility index (Phi) is 12.8. The number of anilines is 2.